The molecule has 1 saturated heterocycles. The predicted molar refractivity (Wildman–Crippen MR) is 127 cm³/mol. The Morgan fingerprint density at radius 2 is 2.06 bits per heavy atom. The van der Waals surface area contributed by atoms with Gasteiger partial charge in [-0.2, -0.15) is 0 Å². The van der Waals surface area contributed by atoms with Gasteiger partial charge in [0, 0.05) is 18.8 Å². The largest absolute Gasteiger partial charge is 0.300 e. The number of hydrogen-bond acceptors (Lipinski definition) is 7. The van der Waals surface area contributed by atoms with Crippen molar-refractivity contribution in [3.05, 3.63) is 35.9 Å². The van der Waals surface area contributed by atoms with Crippen molar-refractivity contribution in [3.63, 3.8) is 0 Å². The van der Waals surface area contributed by atoms with Crippen molar-refractivity contribution >= 4 is 44.2 Å². The smallest absolute Gasteiger partial charge is 0.230 e. The number of nitrogens with zero attached hydrogens (tertiary/aromatic N) is 3. The third kappa shape index (κ3) is 7.55. The second-order valence-corrected chi connectivity index (χ2v) is 12.5. The standard InChI is InChI=1S/C21H30N4O3S3/c1-16(2)15-29-21-24-23-20(30-21)22-19(26)18-11-6-12-25(14-18)31(27,28)13-7-10-17-8-4-3-5-9-17/h3-5,8-9,16,18H,6-7,10-15H2,1-2H3,(H,22,23,26)/t18-/m1/s1. The quantitative estimate of drug-likeness (QED) is 0.408. The highest BCUT2D eigenvalue weighted by Gasteiger charge is 2.32. The second kappa shape index (κ2) is 11.4. The van der Waals surface area contributed by atoms with E-state index in [2.05, 4.69) is 29.4 Å². The molecule has 0 spiro atoms. The van der Waals surface area contributed by atoms with Crippen LogP contribution in [0.15, 0.2) is 34.7 Å². The van der Waals surface area contributed by atoms with E-state index < -0.39 is 10.0 Å². The SMILES string of the molecule is CC(C)CSc1nnc(NC(=O)[C@@H]2CCCN(S(=O)(=O)CCCc3ccccc3)C2)s1. The van der Waals surface area contributed by atoms with Crippen molar-refractivity contribution in [1.29, 1.82) is 0 Å². The van der Waals surface area contributed by atoms with Gasteiger partial charge >= 0.3 is 0 Å². The first kappa shape index (κ1) is 24.2. The summed E-state index contributed by atoms with van der Waals surface area (Å²) >= 11 is 2.99. The summed E-state index contributed by atoms with van der Waals surface area (Å²) in [4.78, 5) is 12.7. The Kier molecular flexibility index (Phi) is 8.88. The number of thioether (sulfide) groups is 1. The minimum Gasteiger partial charge on any atom is -0.300 e. The predicted octanol–water partition coefficient (Wildman–Crippen LogP) is 3.90. The van der Waals surface area contributed by atoms with E-state index in [0.717, 1.165) is 22.1 Å². The van der Waals surface area contributed by atoms with Crippen LogP contribution in [0.4, 0.5) is 5.13 Å². The van der Waals surface area contributed by atoms with Crippen LogP contribution in [0.5, 0.6) is 0 Å². The Balaban J connectivity index is 1.50. The molecule has 0 aliphatic carbocycles. The third-order valence-electron chi connectivity index (χ3n) is 5.04. The molecule has 0 saturated carbocycles. The molecule has 31 heavy (non-hydrogen) atoms. The summed E-state index contributed by atoms with van der Waals surface area (Å²) in [5.41, 5.74) is 1.14. The molecule has 1 fully saturated rings. The van der Waals surface area contributed by atoms with Crippen molar-refractivity contribution in [2.75, 3.05) is 29.9 Å². The first-order chi connectivity index (χ1) is 14.8. The van der Waals surface area contributed by atoms with Gasteiger partial charge in [0.2, 0.25) is 21.1 Å². The minimum atomic E-state index is -3.38. The number of piperidine rings is 1. The Labute approximate surface area is 193 Å². The second-order valence-electron chi connectivity index (χ2n) is 8.17. The molecule has 2 heterocycles. The minimum absolute atomic E-state index is 0.100. The van der Waals surface area contributed by atoms with Crippen LogP contribution in [-0.4, -0.2) is 53.4 Å². The number of rotatable bonds is 10. The van der Waals surface area contributed by atoms with Crippen molar-refractivity contribution < 1.29 is 13.2 Å². The maximum Gasteiger partial charge on any atom is 0.230 e. The first-order valence-corrected chi connectivity index (χ1v) is 14.0. The van der Waals surface area contributed by atoms with Gasteiger partial charge in [0.25, 0.3) is 0 Å². The molecule has 1 N–H and O–H groups in total. The van der Waals surface area contributed by atoms with E-state index in [0.29, 0.717) is 36.9 Å². The summed E-state index contributed by atoms with van der Waals surface area (Å²) in [6.07, 6.45) is 2.66. The van der Waals surface area contributed by atoms with Crippen LogP contribution in [0.2, 0.25) is 0 Å². The van der Waals surface area contributed by atoms with E-state index in [9.17, 15) is 13.2 Å². The van der Waals surface area contributed by atoms with Crippen LogP contribution >= 0.6 is 23.1 Å². The van der Waals surface area contributed by atoms with E-state index >= 15 is 0 Å². The molecule has 1 atom stereocenters. The number of carbonyl (C=O) groups is 1. The molecule has 0 unspecified atom stereocenters. The average Bonchev–Trinajstić information content (AvgIpc) is 3.20. The molecule has 2 aromatic rings. The molecule has 10 heteroatoms. The summed E-state index contributed by atoms with van der Waals surface area (Å²) in [5, 5.41) is 11.5. The third-order valence-corrected chi connectivity index (χ3v) is 9.36. The summed E-state index contributed by atoms with van der Waals surface area (Å²) in [5.74, 6) is 1.05. The van der Waals surface area contributed by atoms with Crippen molar-refractivity contribution in [1.82, 2.24) is 14.5 Å². The van der Waals surface area contributed by atoms with Crippen molar-refractivity contribution in [2.24, 2.45) is 11.8 Å². The molecule has 1 aliphatic heterocycles. The molecule has 0 bridgehead atoms. The van der Waals surface area contributed by atoms with Gasteiger partial charge in [0.05, 0.1) is 11.7 Å². The molecule has 3 rings (SSSR count). The van der Waals surface area contributed by atoms with E-state index in [1.807, 2.05) is 30.3 Å². The van der Waals surface area contributed by atoms with E-state index in [1.165, 1.54) is 15.6 Å². The molecule has 1 aliphatic rings. The van der Waals surface area contributed by atoms with Gasteiger partial charge in [-0.25, -0.2) is 12.7 Å². The fourth-order valence-electron chi connectivity index (χ4n) is 3.41. The highest BCUT2D eigenvalue weighted by molar-refractivity contribution is 8.01. The molecular weight excluding hydrogens is 452 g/mol. The highest BCUT2D eigenvalue weighted by Crippen LogP contribution is 2.28. The lowest BCUT2D eigenvalue weighted by Crippen LogP contribution is -2.44. The first-order valence-electron chi connectivity index (χ1n) is 10.6. The summed E-state index contributed by atoms with van der Waals surface area (Å²) < 4.78 is 27.9. The van der Waals surface area contributed by atoms with Crippen LogP contribution in [0.3, 0.4) is 0 Å². The van der Waals surface area contributed by atoms with Gasteiger partial charge in [-0.3, -0.25) is 4.79 Å². The fourth-order valence-corrected chi connectivity index (χ4v) is 6.72. The van der Waals surface area contributed by atoms with E-state index in [1.54, 1.807) is 11.8 Å². The van der Waals surface area contributed by atoms with E-state index in [-0.39, 0.29) is 24.1 Å². The average molecular weight is 483 g/mol. The number of carbonyl (C=O) groups excluding carboxylic acids is 1. The number of amides is 1. The molecule has 1 aromatic carbocycles. The van der Waals surface area contributed by atoms with Crippen LogP contribution in [-0.2, 0) is 21.2 Å². The normalized spacial score (nSPS) is 17.7. The number of benzene rings is 1. The number of aromatic nitrogens is 2. The van der Waals surface area contributed by atoms with Gasteiger partial charge in [-0.05, 0) is 37.2 Å². The van der Waals surface area contributed by atoms with Gasteiger partial charge < -0.3 is 5.32 Å². The van der Waals surface area contributed by atoms with Crippen LogP contribution < -0.4 is 5.32 Å². The maximum atomic E-state index is 12.8. The Morgan fingerprint density at radius 1 is 1.29 bits per heavy atom. The zero-order valence-corrected chi connectivity index (χ0v) is 20.4. The lowest BCUT2D eigenvalue weighted by Gasteiger charge is -2.31. The van der Waals surface area contributed by atoms with Crippen molar-refractivity contribution in [2.45, 2.75) is 43.9 Å². The maximum absolute atomic E-state index is 12.8. The molecule has 0 radical (unpaired) electrons. The van der Waals surface area contributed by atoms with Gasteiger partial charge in [-0.15, -0.1) is 10.2 Å². The summed E-state index contributed by atoms with van der Waals surface area (Å²) in [6.45, 7) is 4.99. The topological polar surface area (TPSA) is 92.3 Å². The highest BCUT2D eigenvalue weighted by atomic mass is 32.2. The lowest BCUT2D eigenvalue weighted by atomic mass is 9.99. The Bertz CT molecular complexity index is 948. The number of sulfonamides is 1. The monoisotopic (exact) mass is 482 g/mol. The van der Waals surface area contributed by atoms with E-state index in [4.69, 9.17) is 0 Å². The fraction of sp³-hybridized carbons (Fsp3) is 0.571. The molecule has 170 valence electrons. The zero-order valence-electron chi connectivity index (χ0n) is 18.0. The Morgan fingerprint density at radius 3 is 2.81 bits per heavy atom. The van der Waals surface area contributed by atoms with Gasteiger partial charge in [0.15, 0.2) is 4.34 Å². The van der Waals surface area contributed by atoms with Crippen molar-refractivity contribution in [3.8, 4) is 0 Å². The molecule has 1 amide bonds. The number of aryl methyl sites for hydroxylation is 1. The molecule has 7 nitrogen and oxygen atoms in total. The Hall–Kier alpha value is -1.49. The number of hydrogen-bond donors (Lipinski definition) is 1. The summed E-state index contributed by atoms with van der Waals surface area (Å²) in [6, 6.07) is 9.89. The van der Waals surface area contributed by atoms with Gasteiger partial charge in [0.1, 0.15) is 0 Å². The van der Waals surface area contributed by atoms with Gasteiger partial charge in [-0.1, -0.05) is 67.3 Å². The lowest BCUT2D eigenvalue weighted by molar-refractivity contribution is -0.120. The zero-order chi connectivity index (χ0) is 22.3. The van der Waals surface area contributed by atoms with Crippen LogP contribution in [0.25, 0.3) is 0 Å². The molecular formula is C21H30N4O3S3. The molecule has 1 aromatic heterocycles. The van der Waals surface area contributed by atoms with Crippen LogP contribution in [0, 0.1) is 11.8 Å². The number of nitrogens with one attached hydrogen (secondary N) is 1. The van der Waals surface area contributed by atoms with Crippen LogP contribution in [0.1, 0.15) is 38.7 Å². The number of anilines is 1. The summed E-state index contributed by atoms with van der Waals surface area (Å²) in [7, 11) is -3.38.